The summed E-state index contributed by atoms with van der Waals surface area (Å²) in [6, 6.07) is 6.85. The number of para-hydroxylation sites is 1. The van der Waals surface area contributed by atoms with Gasteiger partial charge < -0.3 is 19.9 Å². The number of hydrogen-bond acceptors (Lipinski definition) is 4. The third kappa shape index (κ3) is 3.46. The van der Waals surface area contributed by atoms with Crippen LogP contribution in [0.1, 0.15) is 19.3 Å². The molecule has 0 radical (unpaired) electrons. The van der Waals surface area contributed by atoms with E-state index in [0.717, 1.165) is 25.9 Å². The number of amides is 2. The first-order valence-electron chi connectivity index (χ1n) is 9.03. The van der Waals surface area contributed by atoms with Gasteiger partial charge in [-0.05, 0) is 44.5 Å². The molecule has 2 saturated heterocycles. The van der Waals surface area contributed by atoms with Crippen molar-refractivity contribution in [3.8, 4) is 0 Å². The summed E-state index contributed by atoms with van der Waals surface area (Å²) in [6.45, 7) is 2.51. The number of anilines is 1. The zero-order valence-electron chi connectivity index (χ0n) is 15.3. The Morgan fingerprint density at radius 3 is 2.73 bits per heavy atom. The number of benzene rings is 1. The molecule has 0 aliphatic carbocycles. The molecule has 0 saturated carbocycles. The topological polar surface area (TPSA) is 61.9 Å². The lowest BCUT2D eigenvalue weighted by Gasteiger charge is -2.39. The van der Waals surface area contributed by atoms with Gasteiger partial charge in [-0.25, -0.2) is 0 Å². The lowest BCUT2D eigenvalue weighted by molar-refractivity contribution is -0.150. The fourth-order valence-electron chi connectivity index (χ4n) is 4.05. The van der Waals surface area contributed by atoms with Gasteiger partial charge in [0.1, 0.15) is 6.04 Å². The van der Waals surface area contributed by atoms with Crippen molar-refractivity contribution < 1.29 is 14.3 Å². The van der Waals surface area contributed by atoms with Crippen LogP contribution in [-0.4, -0.2) is 63.2 Å². The number of rotatable bonds is 5. The van der Waals surface area contributed by atoms with E-state index in [1.807, 2.05) is 18.2 Å². The summed E-state index contributed by atoms with van der Waals surface area (Å²) in [7, 11) is 3.36. The lowest BCUT2D eigenvalue weighted by Crippen LogP contribution is -2.54. The first kappa shape index (κ1) is 19.1. The van der Waals surface area contributed by atoms with E-state index in [9.17, 15) is 9.59 Å². The maximum Gasteiger partial charge on any atom is 0.249 e. The minimum absolute atomic E-state index is 0.000193. The highest BCUT2D eigenvalue weighted by atomic mass is 35.5. The van der Waals surface area contributed by atoms with Gasteiger partial charge in [-0.3, -0.25) is 9.59 Å². The van der Waals surface area contributed by atoms with Crippen molar-refractivity contribution in [3.05, 3.63) is 29.3 Å². The van der Waals surface area contributed by atoms with E-state index in [1.165, 1.54) is 0 Å². The SMILES string of the molecule is COCC1(C(=O)N(C)C2CCN(c3ccccc3Cl)C2=O)CCNCC1. The smallest absolute Gasteiger partial charge is 0.249 e. The second-order valence-corrected chi connectivity index (χ2v) is 7.53. The van der Waals surface area contributed by atoms with Crippen LogP contribution in [0.25, 0.3) is 0 Å². The molecule has 1 aromatic carbocycles. The quantitative estimate of drug-likeness (QED) is 0.849. The Kier molecular flexibility index (Phi) is 5.85. The summed E-state index contributed by atoms with van der Waals surface area (Å²) in [5.41, 5.74) is 0.156. The normalized spacial score (nSPS) is 22.5. The molecular formula is C19H26ClN3O3. The molecule has 2 fully saturated rings. The first-order chi connectivity index (χ1) is 12.5. The molecule has 2 aliphatic rings. The molecule has 0 aromatic heterocycles. The van der Waals surface area contributed by atoms with Crippen LogP contribution in [0.4, 0.5) is 5.69 Å². The van der Waals surface area contributed by atoms with Crippen molar-refractivity contribution >= 4 is 29.1 Å². The Labute approximate surface area is 159 Å². The van der Waals surface area contributed by atoms with Crippen molar-refractivity contribution in [1.29, 1.82) is 0 Å². The van der Waals surface area contributed by atoms with Crippen molar-refractivity contribution in [2.24, 2.45) is 5.41 Å². The van der Waals surface area contributed by atoms with Crippen LogP contribution in [0.15, 0.2) is 24.3 Å². The zero-order chi connectivity index (χ0) is 18.7. The summed E-state index contributed by atoms with van der Waals surface area (Å²) in [6.07, 6.45) is 2.05. The second-order valence-electron chi connectivity index (χ2n) is 7.13. The monoisotopic (exact) mass is 379 g/mol. The van der Waals surface area contributed by atoms with E-state index in [1.54, 1.807) is 30.0 Å². The molecule has 1 unspecified atom stereocenters. The predicted octanol–water partition coefficient (Wildman–Crippen LogP) is 1.92. The number of halogens is 1. The van der Waals surface area contributed by atoms with Gasteiger partial charge in [0.05, 0.1) is 22.7 Å². The number of carbonyl (C=O) groups excluding carboxylic acids is 2. The van der Waals surface area contributed by atoms with E-state index >= 15 is 0 Å². The molecular weight excluding hydrogens is 354 g/mol. The largest absolute Gasteiger partial charge is 0.384 e. The summed E-state index contributed by atoms with van der Waals surface area (Å²) in [4.78, 5) is 29.6. The summed E-state index contributed by atoms with van der Waals surface area (Å²) >= 11 is 6.25. The molecule has 0 spiro atoms. The Morgan fingerprint density at radius 2 is 2.08 bits per heavy atom. The van der Waals surface area contributed by atoms with Crippen LogP contribution in [-0.2, 0) is 14.3 Å². The number of ether oxygens (including phenoxy) is 1. The van der Waals surface area contributed by atoms with Gasteiger partial charge in [-0.1, -0.05) is 23.7 Å². The molecule has 3 rings (SSSR count). The Hall–Kier alpha value is -1.63. The third-order valence-corrected chi connectivity index (χ3v) is 5.86. The number of piperidine rings is 1. The van der Waals surface area contributed by atoms with E-state index < -0.39 is 11.5 Å². The fourth-order valence-corrected chi connectivity index (χ4v) is 4.29. The predicted molar refractivity (Wildman–Crippen MR) is 101 cm³/mol. The summed E-state index contributed by atoms with van der Waals surface area (Å²) in [5.74, 6) is -0.0735. The standard InChI is InChI=1S/C19H26ClN3O3/c1-22(18(25)19(13-26-2)8-10-21-11-9-19)16-7-12-23(17(16)24)15-6-4-3-5-14(15)20/h3-6,16,21H,7-13H2,1-2H3. The summed E-state index contributed by atoms with van der Waals surface area (Å²) < 4.78 is 5.36. The molecule has 2 amide bonds. The van der Waals surface area contributed by atoms with Gasteiger partial charge in [0.25, 0.3) is 0 Å². The van der Waals surface area contributed by atoms with E-state index in [2.05, 4.69) is 5.32 Å². The van der Waals surface area contributed by atoms with Gasteiger partial charge in [0.15, 0.2) is 0 Å². The van der Waals surface area contributed by atoms with Crippen molar-refractivity contribution in [1.82, 2.24) is 10.2 Å². The average Bonchev–Trinajstić information content (AvgIpc) is 3.03. The minimum Gasteiger partial charge on any atom is -0.384 e. The average molecular weight is 380 g/mol. The van der Waals surface area contributed by atoms with E-state index in [-0.39, 0.29) is 11.8 Å². The van der Waals surface area contributed by atoms with Crippen LogP contribution in [0.3, 0.4) is 0 Å². The van der Waals surface area contributed by atoms with Crippen LogP contribution >= 0.6 is 11.6 Å². The van der Waals surface area contributed by atoms with E-state index in [4.69, 9.17) is 16.3 Å². The Balaban J connectivity index is 1.77. The number of methoxy groups -OCH3 is 1. The minimum atomic E-state index is -0.549. The number of nitrogens with one attached hydrogen (secondary N) is 1. The van der Waals surface area contributed by atoms with Crippen molar-refractivity contribution in [2.45, 2.75) is 25.3 Å². The Bertz CT molecular complexity index is 670. The van der Waals surface area contributed by atoms with Gasteiger partial charge in [0.2, 0.25) is 11.8 Å². The van der Waals surface area contributed by atoms with Crippen molar-refractivity contribution in [3.63, 3.8) is 0 Å². The molecule has 142 valence electrons. The maximum atomic E-state index is 13.3. The van der Waals surface area contributed by atoms with Crippen LogP contribution in [0.5, 0.6) is 0 Å². The Morgan fingerprint density at radius 1 is 1.38 bits per heavy atom. The van der Waals surface area contributed by atoms with Gasteiger partial charge in [-0.15, -0.1) is 0 Å². The van der Waals surface area contributed by atoms with E-state index in [0.29, 0.717) is 30.3 Å². The highest BCUT2D eigenvalue weighted by Gasteiger charge is 2.46. The van der Waals surface area contributed by atoms with Crippen LogP contribution < -0.4 is 10.2 Å². The molecule has 2 aliphatic heterocycles. The zero-order valence-corrected chi connectivity index (χ0v) is 16.1. The fraction of sp³-hybridized carbons (Fsp3) is 0.579. The molecule has 26 heavy (non-hydrogen) atoms. The molecule has 6 nitrogen and oxygen atoms in total. The van der Waals surface area contributed by atoms with Gasteiger partial charge >= 0.3 is 0 Å². The number of nitrogens with zero attached hydrogens (tertiary/aromatic N) is 2. The number of carbonyl (C=O) groups is 2. The molecule has 1 aromatic rings. The molecule has 0 bridgehead atoms. The summed E-state index contributed by atoms with van der Waals surface area (Å²) in [5, 5.41) is 3.83. The number of likely N-dealkylation sites (N-methyl/N-ethyl adjacent to an activating group) is 1. The molecule has 1 N–H and O–H groups in total. The highest BCUT2D eigenvalue weighted by molar-refractivity contribution is 6.34. The second kappa shape index (κ2) is 7.94. The lowest BCUT2D eigenvalue weighted by atomic mass is 9.78. The molecule has 2 heterocycles. The van der Waals surface area contributed by atoms with Gasteiger partial charge in [-0.2, -0.15) is 0 Å². The third-order valence-electron chi connectivity index (χ3n) is 5.54. The van der Waals surface area contributed by atoms with Crippen molar-refractivity contribution in [2.75, 3.05) is 45.3 Å². The first-order valence-corrected chi connectivity index (χ1v) is 9.41. The maximum absolute atomic E-state index is 13.3. The van der Waals surface area contributed by atoms with Gasteiger partial charge in [0, 0.05) is 20.7 Å². The number of hydrogen-bond donors (Lipinski definition) is 1. The molecule has 1 atom stereocenters. The molecule has 7 heteroatoms. The highest BCUT2D eigenvalue weighted by Crippen LogP contribution is 2.35. The van der Waals surface area contributed by atoms with Crippen LogP contribution in [0, 0.1) is 5.41 Å². The van der Waals surface area contributed by atoms with Crippen LogP contribution in [0.2, 0.25) is 5.02 Å².